The zero-order chi connectivity index (χ0) is 14.5. The number of carbonyl (C=O) groups excluding carboxylic acids is 1. The summed E-state index contributed by atoms with van der Waals surface area (Å²) in [5, 5.41) is 31.6. The van der Waals surface area contributed by atoms with Crippen LogP contribution < -0.4 is 5.43 Å². The van der Waals surface area contributed by atoms with Crippen molar-refractivity contribution in [2.24, 2.45) is 5.10 Å². The van der Waals surface area contributed by atoms with E-state index in [2.05, 4.69) is 10.5 Å². The van der Waals surface area contributed by atoms with Crippen molar-refractivity contribution < 1.29 is 20.1 Å². The van der Waals surface area contributed by atoms with E-state index in [9.17, 15) is 15.0 Å². The molecule has 0 spiro atoms. The van der Waals surface area contributed by atoms with Crippen LogP contribution in [0.5, 0.6) is 17.2 Å². The van der Waals surface area contributed by atoms with Gasteiger partial charge in [-0.25, -0.2) is 5.43 Å². The highest BCUT2D eigenvalue weighted by molar-refractivity contribution is 5.95. The second kappa shape index (κ2) is 5.75. The third-order valence-corrected chi connectivity index (χ3v) is 2.49. The summed E-state index contributed by atoms with van der Waals surface area (Å²) in [7, 11) is 0. The molecule has 0 unspecified atom stereocenters. The van der Waals surface area contributed by atoms with E-state index in [0.29, 0.717) is 5.56 Å². The quantitative estimate of drug-likeness (QED) is 0.503. The molecule has 0 aliphatic heterocycles. The van der Waals surface area contributed by atoms with Crippen LogP contribution in [0.15, 0.2) is 47.6 Å². The van der Waals surface area contributed by atoms with Gasteiger partial charge in [-0.1, -0.05) is 6.07 Å². The second-order valence-electron chi connectivity index (χ2n) is 3.99. The van der Waals surface area contributed by atoms with Gasteiger partial charge >= 0.3 is 0 Å². The zero-order valence-electron chi connectivity index (χ0n) is 10.3. The summed E-state index contributed by atoms with van der Waals surface area (Å²) in [5.74, 6) is -0.725. The van der Waals surface area contributed by atoms with Crippen LogP contribution >= 0.6 is 0 Å². The topological polar surface area (TPSA) is 102 Å². The molecule has 2 aromatic carbocycles. The summed E-state index contributed by atoms with van der Waals surface area (Å²) in [6.07, 6.45) is 1.25. The van der Waals surface area contributed by atoms with E-state index >= 15 is 0 Å². The van der Waals surface area contributed by atoms with E-state index in [1.54, 1.807) is 6.07 Å². The molecule has 0 saturated heterocycles. The van der Waals surface area contributed by atoms with E-state index in [1.165, 1.54) is 42.6 Å². The summed E-state index contributed by atoms with van der Waals surface area (Å²) >= 11 is 0. The lowest BCUT2D eigenvalue weighted by atomic mass is 10.2. The Bertz CT molecular complexity index is 668. The number of phenolic OH excluding ortho intramolecular Hbond substituents is 3. The van der Waals surface area contributed by atoms with Gasteiger partial charge in [0.2, 0.25) is 0 Å². The average Bonchev–Trinajstić information content (AvgIpc) is 2.41. The minimum absolute atomic E-state index is 0.0159. The third kappa shape index (κ3) is 3.26. The van der Waals surface area contributed by atoms with Gasteiger partial charge in [-0.3, -0.25) is 4.79 Å². The van der Waals surface area contributed by atoms with Crippen LogP contribution in [0.3, 0.4) is 0 Å². The molecule has 0 radical (unpaired) electrons. The number of aromatic hydroxyl groups is 3. The van der Waals surface area contributed by atoms with Gasteiger partial charge in [0.05, 0.1) is 6.21 Å². The van der Waals surface area contributed by atoms with Crippen molar-refractivity contribution in [1.29, 1.82) is 0 Å². The Morgan fingerprint density at radius 3 is 2.50 bits per heavy atom. The normalized spacial score (nSPS) is 10.6. The molecule has 0 aliphatic rings. The SMILES string of the molecule is O=C(N/N=C/c1ccc(O)cc1O)c1cccc(O)c1. The molecule has 0 saturated carbocycles. The Hall–Kier alpha value is -3.02. The monoisotopic (exact) mass is 272 g/mol. The number of hydrazone groups is 1. The smallest absolute Gasteiger partial charge is 0.271 e. The van der Waals surface area contributed by atoms with Crippen LogP contribution in [-0.2, 0) is 0 Å². The number of hydrogen-bond donors (Lipinski definition) is 4. The minimum Gasteiger partial charge on any atom is -0.508 e. The number of amides is 1. The highest BCUT2D eigenvalue weighted by atomic mass is 16.3. The van der Waals surface area contributed by atoms with Gasteiger partial charge < -0.3 is 15.3 Å². The molecule has 1 amide bonds. The number of rotatable bonds is 3. The van der Waals surface area contributed by atoms with Gasteiger partial charge in [0.15, 0.2) is 0 Å². The molecule has 2 aromatic rings. The fraction of sp³-hybridized carbons (Fsp3) is 0. The maximum atomic E-state index is 11.7. The molecular weight excluding hydrogens is 260 g/mol. The molecular formula is C14H12N2O4. The highest BCUT2D eigenvalue weighted by Crippen LogP contribution is 2.20. The van der Waals surface area contributed by atoms with Gasteiger partial charge in [0, 0.05) is 17.2 Å². The van der Waals surface area contributed by atoms with Gasteiger partial charge in [-0.15, -0.1) is 0 Å². The molecule has 2 rings (SSSR count). The summed E-state index contributed by atoms with van der Waals surface area (Å²) in [5.41, 5.74) is 2.87. The first-order valence-corrected chi connectivity index (χ1v) is 5.70. The van der Waals surface area contributed by atoms with Crippen molar-refractivity contribution >= 4 is 12.1 Å². The number of benzene rings is 2. The molecule has 4 N–H and O–H groups in total. The molecule has 102 valence electrons. The molecule has 6 heteroatoms. The zero-order valence-corrected chi connectivity index (χ0v) is 10.3. The lowest BCUT2D eigenvalue weighted by Gasteiger charge is -2.01. The van der Waals surface area contributed by atoms with Crippen molar-refractivity contribution in [3.63, 3.8) is 0 Å². The lowest BCUT2D eigenvalue weighted by molar-refractivity contribution is 0.0954. The van der Waals surface area contributed by atoms with Crippen LogP contribution in [0.4, 0.5) is 0 Å². The van der Waals surface area contributed by atoms with Crippen molar-refractivity contribution in [3.8, 4) is 17.2 Å². The van der Waals surface area contributed by atoms with Crippen molar-refractivity contribution in [3.05, 3.63) is 53.6 Å². The summed E-state index contributed by atoms with van der Waals surface area (Å²) in [6.45, 7) is 0. The van der Waals surface area contributed by atoms with Gasteiger partial charge in [-0.05, 0) is 30.3 Å². The Kier molecular flexibility index (Phi) is 3.85. The van der Waals surface area contributed by atoms with Crippen LogP contribution in [0.25, 0.3) is 0 Å². The first-order valence-electron chi connectivity index (χ1n) is 5.70. The summed E-state index contributed by atoms with van der Waals surface area (Å²) in [6, 6.07) is 9.84. The van der Waals surface area contributed by atoms with E-state index in [0.717, 1.165) is 0 Å². The van der Waals surface area contributed by atoms with Crippen molar-refractivity contribution in [2.75, 3.05) is 0 Å². The van der Waals surface area contributed by atoms with Crippen molar-refractivity contribution in [1.82, 2.24) is 5.43 Å². The van der Waals surface area contributed by atoms with Crippen LogP contribution in [0, 0.1) is 0 Å². The predicted molar refractivity (Wildman–Crippen MR) is 72.9 cm³/mol. The van der Waals surface area contributed by atoms with E-state index in [1.807, 2.05) is 0 Å². The fourth-order valence-electron chi connectivity index (χ4n) is 1.51. The standard InChI is InChI=1S/C14H12N2O4/c17-11-3-1-2-9(6-11)14(20)16-15-8-10-4-5-12(18)7-13(10)19/h1-8,17-19H,(H,16,20)/b15-8+. The predicted octanol–water partition coefficient (Wildman–Crippen LogP) is 1.57. The molecule has 20 heavy (non-hydrogen) atoms. The van der Waals surface area contributed by atoms with Crippen LogP contribution in [0.2, 0.25) is 0 Å². The number of phenols is 3. The maximum absolute atomic E-state index is 11.7. The van der Waals surface area contributed by atoms with E-state index < -0.39 is 5.91 Å². The molecule has 0 atom stereocenters. The highest BCUT2D eigenvalue weighted by Gasteiger charge is 2.04. The summed E-state index contributed by atoms with van der Waals surface area (Å²) < 4.78 is 0. The van der Waals surface area contributed by atoms with E-state index in [4.69, 9.17) is 5.11 Å². The van der Waals surface area contributed by atoms with Crippen molar-refractivity contribution in [2.45, 2.75) is 0 Å². The number of carbonyl (C=O) groups is 1. The fourth-order valence-corrected chi connectivity index (χ4v) is 1.51. The Labute approximate surface area is 114 Å². The molecule has 0 heterocycles. The first-order chi connectivity index (χ1) is 9.56. The average molecular weight is 272 g/mol. The third-order valence-electron chi connectivity index (χ3n) is 2.49. The van der Waals surface area contributed by atoms with Crippen LogP contribution in [-0.4, -0.2) is 27.4 Å². The van der Waals surface area contributed by atoms with Gasteiger partial charge in [0.1, 0.15) is 17.2 Å². The largest absolute Gasteiger partial charge is 0.508 e. The number of nitrogens with one attached hydrogen (secondary N) is 1. The Morgan fingerprint density at radius 2 is 1.80 bits per heavy atom. The number of nitrogens with zero attached hydrogens (tertiary/aromatic N) is 1. The maximum Gasteiger partial charge on any atom is 0.271 e. The molecule has 6 nitrogen and oxygen atoms in total. The molecule has 0 bridgehead atoms. The molecule has 0 fully saturated rings. The second-order valence-corrected chi connectivity index (χ2v) is 3.99. The molecule has 0 aliphatic carbocycles. The van der Waals surface area contributed by atoms with Crippen LogP contribution in [0.1, 0.15) is 15.9 Å². The summed E-state index contributed by atoms with van der Waals surface area (Å²) in [4.78, 5) is 11.7. The Balaban J connectivity index is 2.04. The van der Waals surface area contributed by atoms with E-state index in [-0.39, 0.29) is 22.8 Å². The minimum atomic E-state index is -0.490. The van der Waals surface area contributed by atoms with Gasteiger partial charge in [0.25, 0.3) is 5.91 Å². The number of hydrogen-bond acceptors (Lipinski definition) is 5. The van der Waals surface area contributed by atoms with Gasteiger partial charge in [-0.2, -0.15) is 5.10 Å². The lowest BCUT2D eigenvalue weighted by Crippen LogP contribution is -2.17. The first kappa shape index (κ1) is 13.4. The molecule has 0 aromatic heterocycles. The Morgan fingerprint density at radius 1 is 1.05 bits per heavy atom.